The van der Waals surface area contributed by atoms with Gasteiger partial charge in [0.1, 0.15) is 0 Å². The molecule has 2 nitrogen and oxygen atoms in total. The quantitative estimate of drug-likeness (QED) is 0.578. The van der Waals surface area contributed by atoms with Crippen LogP contribution in [0.15, 0.2) is 5.18 Å². The van der Waals surface area contributed by atoms with E-state index in [2.05, 4.69) is 12.1 Å². The van der Waals surface area contributed by atoms with Gasteiger partial charge in [-0.1, -0.05) is 12.1 Å². The minimum Gasteiger partial charge on any atom is -0.162 e. The van der Waals surface area contributed by atoms with Crippen LogP contribution in [0.5, 0.6) is 0 Å². The number of hydrogen-bond acceptors (Lipinski definition) is 3. The molecule has 0 aromatic heterocycles. The fourth-order valence-corrected chi connectivity index (χ4v) is 2.66. The van der Waals surface area contributed by atoms with Crippen LogP contribution in [0, 0.1) is 10.3 Å². The van der Waals surface area contributed by atoms with Gasteiger partial charge in [0.15, 0.2) is 0 Å². The second-order valence-corrected chi connectivity index (χ2v) is 4.43. The predicted molar refractivity (Wildman–Crippen MR) is 45.3 cm³/mol. The maximum absolute atomic E-state index is 10.0. The zero-order valence-electron chi connectivity index (χ0n) is 6.30. The highest BCUT2D eigenvalue weighted by Crippen LogP contribution is 2.34. The van der Waals surface area contributed by atoms with E-state index >= 15 is 0 Å². The van der Waals surface area contributed by atoms with Crippen LogP contribution < -0.4 is 0 Å². The minimum absolute atomic E-state index is 0.229. The minimum atomic E-state index is 0.229. The van der Waals surface area contributed by atoms with Crippen LogP contribution in [0.25, 0.3) is 0 Å². The molecule has 1 rings (SSSR count). The van der Waals surface area contributed by atoms with E-state index in [1.165, 1.54) is 11.5 Å². The van der Waals surface area contributed by atoms with Crippen molar-refractivity contribution < 1.29 is 0 Å². The molecule has 0 N–H and O–H groups in total. The summed E-state index contributed by atoms with van der Waals surface area (Å²) < 4.78 is 0. The highest BCUT2D eigenvalue weighted by atomic mass is 32.2. The Morgan fingerprint density at radius 2 is 2.10 bits per heavy atom. The van der Waals surface area contributed by atoms with Crippen molar-refractivity contribution in [2.45, 2.75) is 19.8 Å². The topological polar surface area (TPSA) is 29.4 Å². The van der Waals surface area contributed by atoms with E-state index < -0.39 is 0 Å². The molecule has 0 saturated carbocycles. The van der Waals surface area contributed by atoms with Crippen LogP contribution in [0.2, 0.25) is 0 Å². The van der Waals surface area contributed by atoms with Crippen molar-refractivity contribution in [3.63, 3.8) is 0 Å². The Hall–Kier alpha value is -0.0500. The maximum atomic E-state index is 10.0. The van der Waals surface area contributed by atoms with Gasteiger partial charge in [-0.25, -0.2) is 0 Å². The first-order valence-corrected chi connectivity index (χ1v) is 4.79. The molecule has 0 radical (unpaired) electrons. The van der Waals surface area contributed by atoms with Crippen LogP contribution in [0.3, 0.4) is 0 Å². The van der Waals surface area contributed by atoms with Crippen LogP contribution in [0.4, 0.5) is 0 Å². The predicted octanol–water partition coefficient (Wildman–Crippen LogP) is 2.29. The Morgan fingerprint density at radius 3 is 2.60 bits per heavy atom. The molecule has 0 aromatic carbocycles. The van der Waals surface area contributed by atoms with Crippen molar-refractivity contribution >= 4 is 11.8 Å². The van der Waals surface area contributed by atoms with Crippen LogP contribution >= 0.6 is 11.8 Å². The third kappa shape index (κ3) is 1.97. The number of hydrogen-bond donors (Lipinski definition) is 0. The van der Waals surface area contributed by atoms with E-state index in [0.29, 0.717) is 6.54 Å². The van der Waals surface area contributed by atoms with Crippen molar-refractivity contribution in [1.29, 1.82) is 0 Å². The molecule has 0 aliphatic carbocycles. The molecule has 0 unspecified atom stereocenters. The Morgan fingerprint density at radius 1 is 1.50 bits per heavy atom. The Bertz CT molecular complexity index is 121. The number of rotatable bonds is 2. The fourth-order valence-electron chi connectivity index (χ4n) is 1.18. The van der Waals surface area contributed by atoms with Gasteiger partial charge in [-0.15, -0.1) is 0 Å². The maximum Gasteiger partial charge on any atom is 0.0865 e. The Balaban J connectivity index is 2.39. The SMILES string of the molecule is CC1(CN=O)CCSCC1. The lowest BCUT2D eigenvalue weighted by atomic mass is 9.84. The van der Waals surface area contributed by atoms with Crippen LogP contribution in [-0.2, 0) is 0 Å². The van der Waals surface area contributed by atoms with Gasteiger partial charge in [0.25, 0.3) is 0 Å². The molecule has 0 aromatic rings. The highest BCUT2D eigenvalue weighted by Gasteiger charge is 2.26. The number of nitroso groups, excluding NO2 is 1. The second-order valence-electron chi connectivity index (χ2n) is 3.21. The monoisotopic (exact) mass is 159 g/mol. The average Bonchev–Trinajstić information content (AvgIpc) is 1.89. The molecule has 1 aliphatic heterocycles. The first-order valence-electron chi connectivity index (χ1n) is 3.64. The van der Waals surface area contributed by atoms with E-state index in [4.69, 9.17) is 0 Å². The van der Waals surface area contributed by atoms with Gasteiger partial charge in [0.05, 0.1) is 6.54 Å². The molecule has 0 atom stereocenters. The summed E-state index contributed by atoms with van der Waals surface area (Å²) in [5.74, 6) is 2.40. The third-order valence-corrected chi connectivity index (χ3v) is 3.13. The van der Waals surface area contributed by atoms with E-state index in [0.717, 1.165) is 12.8 Å². The van der Waals surface area contributed by atoms with E-state index in [9.17, 15) is 4.91 Å². The Kier molecular flexibility index (Phi) is 2.72. The molecule has 0 amide bonds. The molecular weight excluding hydrogens is 146 g/mol. The summed E-state index contributed by atoms with van der Waals surface area (Å²) in [6.07, 6.45) is 2.31. The first-order chi connectivity index (χ1) is 4.77. The van der Waals surface area contributed by atoms with Gasteiger partial charge in [-0.05, 0) is 29.8 Å². The van der Waals surface area contributed by atoms with E-state index in [1.54, 1.807) is 0 Å². The molecule has 0 spiro atoms. The molecule has 3 heteroatoms. The zero-order valence-corrected chi connectivity index (χ0v) is 7.12. The van der Waals surface area contributed by atoms with Gasteiger partial charge in [-0.2, -0.15) is 16.7 Å². The van der Waals surface area contributed by atoms with Crippen LogP contribution in [-0.4, -0.2) is 18.1 Å². The summed E-state index contributed by atoms with van der Waals surface area (Å²) in [5.41, 5.74) is 0.229. The zero-order chi connectivity index (χ0) is 7.45. The van der Waals surface area contributed by atoms with Gasteiger partial charge < -0.3 is 0 Å². The van der Waals surface area contributed by atoms with Crippen molar-refractivity contribution in [1.82, 2.24) is 0 Å². The molecular formula is C7H13NOS. The Labute approximate surface area is 65.7 Å². The molecule has 58 valence electrons. The molecule has 1 fully saturated rings. The molecule has 1 saturated heterocycles. The summed E-state index contributed by atoms with van der Waals surface area (Å²) in [5, 5.41) is 2.97. The smallest absolute Gasteiger partial charge is 0.0865 e. The lowest BCUT2D eigenvalue weighted by Gasteiger charge is -2.30. The molecule has 0 bridgehead atoms. The van der Waals surface area contributed by atoms with Crippen LogP contribution in [0.1, 0.15) is 19.8 Å². The molecule has 10 heavy (non-hydrogen) atoms. The third-order valence-electron chi connectivity index (χ3n) is 2.15. The summed E-state index contributed by atoms with van der Waals surface area (Å²) >= 11 is 1.98. The first kappa shape index (κ1) is 8.05. The summed E-state index contributed by atoms with van der Waals surface area (Å²) in [6, 6.07) is 0. The van der Waals surface area contributed by atoms with Gasteiger partial charge >= 0.3 is 0 Å². The van der Waals surface area contributed by atoms with Gasteiger partial charge in [0.2, 0.25) is 0 Å². The lowest BCUT2D eigenvalue weighted by Crippen LogP contribution is -2.25. The lowest BCUT2D eigenvalue weighted by molar-refractivity contribution is 0.309. The summed E-state index contributed by atoms with van der Waals surface area (Å²) in [7, 11) is 0. The standard InChI is InChI=1S/C7H13NOS/c1-7(6-8-9)2-4-10-5-3-7/h2-6H2,1H3. The summed E-state index contributed by atoms with van der Waals surface area (Å²) in [4.78, 5) is 10.0. The largest absolute Gasteiger partial charge is 0.162 e. The highest BCUT2D eigenvalue weighted by molar-refractivity contribution is 7.99. The van der Waals surface area contributed by atoms with Crippen molar-refractivity contribution in [3.8, 4) is 0 Å². The normalized spacial score (nSPS) is 24.1. The number of thioether (sulfide) groups is 1. The van der Waals surface area contributed by atoms with E-state index in [1.807, 2.05) is 11.8 Å². The van der Waals surface area contributed by atoms with E-state index in [-0.39, 0.29) is 5.41 Å². The van der Waals surface area contributed by atoms with Crippen molar-refractivity contribution in [2.24, 2.45) is 10.6 Å². The fraction of sp³-hybridized carbons (Fsp3) is 1.00. The van der Waals surface area contributed by atoms with Crippen molar-refractivity contribution in [2.75, 3.05) is 18.1 Å². The molecule has 1 heterocycles. The molecule has 1 aliphatic rings. The van der Waals surface area contributed by atoms with Crippen molar-refractivity contribution in [3.05, 3.63) is 4.91 Å². The van der Waals surface area contributed by atoms with Gasteiger partial charge in [0, 0.05) is 0 Å². The average molecular weight is 159 g/mol. The number of nitrogens with zero attached hydrogens (tertiary/aromatic N) is 1. The summed E-state index contributed by atoms with van der Waals surface area (Å²) in [6.45, 7) is 2.67. The van der Waals surface area contributed by atoms with Gasteiger partial charge in [-0.3, -0.25) is 0 Å². The second kappa shape index (κ2) is 3.37.